The van der Waals surface area contributed by atoms with Crippen LogP contribution in [0.1, 0.15) is 20.8 Å². The molecule has 0 aromatic rings. The van der Waals surface area contributed by atoms with Crippen molar-refractivity contribution in [3.8, 4) is 0 Å². The van der Waals surface area contributed by atoms with Crippen molar-refractivity contribution >= 4 is 35.6 Å². The van der Waals surface area contributed by atoms with E-state index in [1.807, 2.05) is 0 Å². The van der Waals surface area contributed by atoms with Gasteiger partial charge in [-0.3, -0.25) is 14.4 Å². The van der Waals surface area contributed by atoms with Crippen LogP contribution >= 0.6 is 0 Å². The molecule has 28 atom stereocenters. The summed E-state index contributed by atoms with van der Waals surface area (Å²) in [7, 11) is 0. The summed E-state index contributed by atoms with van der Waals surface area (Å²) >= 11 is 0. The average Bonchev–Trinajstić information content (AvgIpc) is 3.36. The summed E-state index contributed by atoms with van der Waals surface area (Å²) in [6, 6.07) is -5.63. The van der Waals surface area contributed by atoms with Gasteiger partial charge in [0.25, 0.3) is 0 Å². The Morgan fingerprint density at radius 2 is 0.778 bits per heavy atom. The summed E-state index contributed by atoms with van der Waals surface area (Å²) in [6.07, 6.45) is -54.4. The maximum Gasteiger partial charge on any atom is 1.00 e. The normalized spacial score (nSPS) is 43.3. The van der Waals surface area contributed by atoms with Crippen LogP contribution in [-0.2, 0) is 80.9 Å². The number of hydrogen-bond acceptors (Lipinski definition) is 33. The Hall–Kier alpha value is -1.56. The van der Waals surface area contributed by atoms with Crippen molar-refractivity contribution in [2.45, 2.75) is 193 Å². The number of carbonyl (C=O) groups excluding carboxylic acids is 6. The number of carbonyl (C=O) groups is 6. The van der Waals surface area contributed by atoms with Crippen molar-refractivity contribution in [3.63, 3.8) is 0 Å². The summed E-state index contributed by atoms with van der Waals surface area (Å²) in [5.41, 5.74) is 0. The van der Waals surface area contributed by atoms with Gasteiger partial charge in [0, 0.05) is 20.8 Å². The summed E-state index contributed by atoms with van der Waals surface area (Å²) in [4.78, 5) is 74.2. The molecule has 0 bridgehead atoms. The Kier molecular flexibility index (Phi) is 29.0. The standard InChI is InChI=1S/C42H63N3O33.3Na/c1-8(49)43-16-27(20(54)13(5-46)68-37(16)67)72-41-25(59)23(57)30(32(77-41)35(63)64)76-39-18(45-10(3)51)29(22(56)15(7-48)71-39)74-42-26(60)24(58)31(33(78-42)36(65)66)75-38-17(44-9(2)50)28(21(55)14(6-47)70-38)73-40-19(53)11(52)4-12(69-40)34(61)62;;;/h4,11,13-33,37-42,46-48,52-60,67H,5-7H2,1-3H3,(H,43,49)(H,44,50)(H,45,51)(H,61,62)(H,63,64)(H,65,66);;;/q;3*+1/p-3/t11-,13+,14+,15+,16+,17+,18+,19+,20+,21+,22+,23+,24+,25+,26+,27+,28+,29+,30-,31-,32-,33-,37+,38-,39-,40-,41+,42+;;;/m0.../s1. The molecule has 6 heterocycles. The first-order chi connectivity index (χ1) is 36.6. The molecule has 0 unspecified atom stereocenters. The van der Waals surface area contributed by atoms with Gasteiger partial charge in [-0.25, -0.2) is 0 Å². The Labute approximate surface area is 523 Å². The second-order valence-electron chi connectivity index (χ2n) is 18.6. The third-order valence-electron chi connectivity index (χ3n) is 13.1. The molecule has 5 saturated heterocycles. The van der Waals surface area contributed by atoms with Crippen LogP contribution in [0.25, 0.3) is 0 Å². The molecule has 6 aliphatic rings. The van der Waals surface area contributed by atoms with Crippen molar-refractivity contribution in [1.82, 2.24) is 16.0 Å². The number of ether oxygens (including phenoxy) is 11. The first-order valence-corrected chi connectivity index (χ1v) is 23.6. The molecule has 6 aliphatic heterocycles. The molecule has 5 fully saturated rings. The van der Waals surface area contributed by atoms with Crippen LogP contribution < -0.4 is 120 Å². The van der Waals surface area contributed by atoms with Crippen LogP contribution in [0.15, 0.2) is 11.8 Å². The van der Waals surface area contributed by atoms with Crippen molar-refractivity contribution in [3.05, 3.63) is 11.8 Å². The number of hydrogen-bond donors (Lipinski definition) is 16. The molecule has 16 N–H and O–H groups in total. The molecule has 0 saturated carbocycles. The number of amides is 3. The maximum absolute atomic E-state index is 12.8. The van der Waals surface area contributed by atoms with Crippen LogP contribution in [0.4, 0.5) is 0 Å². The van der Waals surface area contributed by atoms with Crippen molar-refractivity contribution in [1.29, 1.82) is 0 Å². The summed E-state index contributed by atoms with van der Waals surface area (Å²) < 4.78 is 60.7. The Morgan fingerprint density at radius 1 is 0.444 bits per heavy atom. The smallest absolute Gasteiger partial charge is 0.547 e. The molecule has 0 aliphatic carbocycles. The molecule has 36 nitrogen and oxygen atoms in total. The second-order valence-corrected chi connectivity index (χ2v) is 18.6. The number of aliphatic hydroxyl groups is 13. The van der Waals surface area contributed by atoms with E-state index in [0.717, 1.165) is 20.8 Å². The van der Waals surface area contributed by atoms with E-state index in [0.29, 0.717) is 6.08 Å². The SMILES string of the molecule is CC(=O)N[C@@H]1[C@@H](O[C@@H]2O[C@H](C(=O)[O-])[C@@H](O[C@@H]3O[C@H](CO)[C@@H](O)[C@H](O[C@@H]4O[C@H](C(=O)[O-])[C@@H](O[C@@H]5O[C@H](CO)[C@@H](O)[C@H](O[C@@H]6OC(C(=O)[O-])=C[C@H](O)[C@H]6O)[C@H]5NC(C)=O)[C@H](O)[C@H]4O)[C@H]3NC(C)=O)[C@H](O)[C@H]2O)[C@H](O)[C@@H](CO)O[C@H]1O.[Na+].[Na+].[Na+]. The zero-order valence-electron chi connectivity index (χ0n) is 43.8. The van der Waals surface area contributed by atoms with Gasteiger partial charge in [-0.05, 0) is 6.08 Å². The Balaban J connectivity index is 0.00000574. The van der Waals surface area contributed by atoms with E-state index in [-0.39, 0.29) is 88.7 Å². The van der Waals surface area contributed by atoms with Crippen LogP contribution in [0.2, 0.25) is 0 Å². The van der Waals surface area contributed by atoms with E-state index >= 15 is 0 Å². The van der Waals surface area contributed by atoms with Gasteiger partial charge in [0.2, 0.25) is 24.0 Å². The molecule has 6 rings (SSSR count). The fourth-order valence-corrected chi connectivity index (χ4v) is 9.33. The van der Waals surface area contributed by atoms with E-state index in [1.165, 1.54) is 0 Å². The van der Waals surface area contributed by atoms with E-state index in [9.17, 15) is 110 Å². The second kappa shape index (κ2) is 31.9. The molecule has 81 heavy (non-hydrogen) atoms. The molecule has 39 heteroatoms. The summed E-state index contributed by atoms with van der Waals surface area (Å²) in [6.45, 7) is -0.449. The fraction of sp³-hybridized carbons (Fsp3) is 0.810. The molecule has 0 radical (unpaired) electrons. The van der Waals surface area contributed by atoms with Crippen LogP contribution in [0, 0.1) is 0 Å². The number of aliphatic hydroxyl groups excluding tert-OH is 13. The monoisotopic (exact) mass is 1200 g/mol. The average molecular weight is 1200 g/mol. The quantitative estimate of drug-likeness (QED) is 0.0534. The van der Waals surface area contributed by atoms with Gasteiger partial charge in [-0.1, -0.05) is 0 Å². The molecule has 3 amide bonds. The van der Waals surface area contributed by atoms with Gasteiger partial charge >= 0.3 is 88.7 Å². The third-order valence-corrected chi connectivity index (χ3v) is 13.1. The van der Waals surface area contributed by atoms with E-state index in [4.69, 9.17) is 52.1 Å². The number of rotatable bonds is 19. The molecular weight excluding hydrogens is 1140 g/mol. The molecule has 444 valence electrons. The topological polar surface area (TPSA) is 572 Å². The molecule has 0 aromatic carbocycles. The Bertz CT molecular complexity index is 2160. The first-order valence-electron chi connectivity index (χ1n) is 23.6. The minimum Gasteiger partial charge on any atom is -0.547 e. The van der Waals surface area contributed by atoms with Gasteiger partial charge in [-0.15, -0.1) is 0 Å². The number of carboxylic acid groups (broad SMARTS) is 3. The number of nitrogens with one attached hydrogen (secondary N) is 3. The van der Waals surface area contributed by atoms with Crippen molar-refractivity contribution < 1.29 is 251 Å². The zero-order chi connectivity index (χ0) is 57.9. The van der Waals surface area contributed by atoms with Crippen LogP contribution in [0.5, 0.6) is 0 Å². The first kappa shape index (κ1) is 73.7. The molecule has 0 aromatic heterocycles. The fourth-order valence-electron chi connectivity index (χ4n) is 9.33. The maximum atomic E-state index is 12.8. The van der Waals surface area contributed by atoms with E-state index < -0.39 is 233 Å². The predicted molar refractivity (Wildman–Crippen MR) is 226 cm³/mol. The number of aliphatic carboxylic acids is 3. The van der Waals surface area contributed by atoms with Gasteiger partial charge in [0.1, 0.15) is 146 Å². The molecule has 0 spiro atoms. The van der Waals surface area contributed by atoms with Gasteiger partial charge in [0.15, 0.2) is 31.5 Å². The van der Waals surface area contributed by atoms with Gasteiger partial charge in [-0.2, -0.15) is 0 Å². The third kappa shape index (κ3) is 16.9. The number of carboxylic acids is 3. The minimum atomic E-state index is -2.62. The van der Waals surface area contributed by atoms with Crippen LogP contribution in [-0.4, -0.2) is 294 Å². The Morgan fingerprint density at radius 3 is 1.12 bits per heavy atom. The summed E-state index contributed by atoms with van der Waals surface area (Å²) in [5.74, 6) is -10.3. The van der Waals surface area contributed by atoms with Crippen molar-refractivity contribution in [2.75, 3.05) is 19.8 Å². The molecular formula is C42H60N3Na3O33. The zero-order valence-corrected chi connectivity index (χ0v) is 49.8. The van der Waals surface area contributed by atoms with E-state index in [2.05, 4.69) is 16.0 Å². The van der Waals surface area contributed by atoms with Crippen LogP contribution in [0.3, 0.4) is 0 Å². The van der Waals surface area contributed by atoms with Gasteiger partial charge < -0.3 is 164 Å². The van der Waals surface area contributed by atoms with Crippen molar-refractivity contribution in [2.24, 2.45) is 0 Å². The minimum absolute atomic E-state index is 0. The predicted octanol–water partition coefficient (Wildman–Crippen LogP) is -25.2. The largest absolute Gasteiger partial charge is 1.00 e. The summed E-state index contributed by atoms with van der Waals surface area (Å²) in [5, 5.41) is 184. The van der Waals surface area contributed by atoms with Gasteiger partial charge in [0.05, 0.1) is 31.8 Å². The van der Waals surface area contributed by atoms with E-state index in [1.54, 1.807) is 0 Å².